The number of aromatic nitrogens is 3. The molecule has 3 aliphatic rings. The van der Waals surface area contributed by atoms with Crippen LogP contribution in [0.25, 0.3) is 0 Å². The molecule has 0 aromatic carbocycles. The van der Waals surface area contributed by atoms with Gasteiger partial charge < -0.3 is 10.8 Å². The average Bonchev–Trinajstić information content (AvgIpc) is 3.27. The van der Waals surface area contributed by atoms with Gasteiger partial charge in [-0.2, -0.15) is 5.10 Å². The van der Waals surface area contributed by atoms with Gasteiger partial charge in [-0.15, -0.1) is 0 Å². The smallest absolute Gasteiger partial charge is 0.0522 e. The van der Waals surface area contributed by atoms with E-state index in [0.29, 0.717) is 24.3 Å². The Balaban J connectivity index is 1.52. The highest BCUT2D eigenvalue weighted by atomic mass is 16.3. The van der Waals surface area contributed by atoms with E-state index in [1.807, 2.05) is 12.4 Å². The summed E-state index contributed by atoms with van der Waals surface area (Å²) in [4.78, 5) is 4.80. The minimum Gasteiger partial charge on any atom is -0.396 e. The van der Waals surface area contributed by atoms with E-state index in [4.69, 9.17) is 10.7 Å². The number of aliphatic hydroxyl groups excluding tert-OH is 1. The molecule has 0 saturated heterocycles. The summed E-state index contributed by atoms with van der Waals surface area (Å²) >= 11 is 0. The maximum Gasteiger partial charge on any atom is 0.0522 e. The van der Waals surface area contributed by atoms with Gasteiger partial charge >= 0.3 is 0 Å². The fraction of sp³-hybridized carbons (Fsp3) is 0.652. The van der Waals surface area contributed by atoms with Crippen LogP contribution in [0, 0.1) is 29.1 Å². The summed E-state index contributed by atoms with van der Waals surface area (Å²) in [5.41, 5.74) is 11.9. The Morgan fingerprint density at radius 3 is 2.89 bits per heavy atom. The Hall–Kier alpha value is -1.72. The second-order valence-electron chi connectivity index (χ2n) is 9.92. The number of aromatic amines is 1. The van der Waals surface area contributed by atoms with Crippen molar-refractivity contribution in [1.29, 1.82) is 0 Å². The maximum atomic E-state index is 10.3. The molecule has 0 aliphatic heterocycles. The molecule has 2 heterocycles. The molecule has 0 spiro atoms. The molecule has 0 amide bonds. The van der Waals surface area contributed by atoms with Gasteiger partial charge in [-0.3, -0.25) is 10.1 Å². The van der Waals surface area contributed by atoms with Gasteiger partial charge in [-0.05, 0) is 84.9 Å². The number of rotatable bonds is 3. The molecule has 5 heteroatoms. The third-order valence-corrected chi connectivity index (χ3v) is 8.80. The number of nitrogens with two attached hydrogens (primary N) is 1. The van der Waals surface area contributed by atoms with Gasteiger partial charge in [-0.25, -0.2) is 0 Å². The van der Waals surface area contributed by atoms with Crippen LogP contribution in [-0.2, 0) is 24.7 Å². The van der Waals surface area contributed by atoms with E-state index in [1.165, 1.54) is 22.5 Å². The molecular formula is C23H32N4O. The van der Waals surface area contributed by atoms with Crippen LogP contribution < -0.4 is 5.73 Å². The van der Waals surface area contributed by atoms with E-state index < -0.39 is 0 Å². The topological polar surface area (TPSA) is 87.8 Å². The molecule has 0 bridgehead atoms. The summed E-state index contributed by atoms with van der Waals surface area (Å²) in [5, 5.41) is 17.7. The van der Waals surface area contributed by atoms with Crippen LogP contribution in [0.4, 0.5) is 0 Å². The molecule has 150 valence electrons. The van der Waals surface area contributed by atoms with Crippen molar-refractivity contribution in [1.82, 2.24) is 15.2 Å². The van der Waals surface area contributed by atoms with Crippen LogP contribution in [-0.4, -0.2) is 33.4 Å². The SMILES string of the molecule is C[C@]1([C@H]2CC[C@]3(C)c4ncccc4C[C@H]3[C@@H]2CN)Cc2cn[nH]c2C[C@@H]1CO. The summed E-state index contributed by atoms with van der Waals surface area (Å²) < 4.78 is 0. The summed E-state index contributed by atoms with van der Waals surface area (Å²) in [6.45, 7) is 5.76. The third-order valence-electron chi connectivity index (χ3n) is 8.80. The summed E-state index contributed by atoms with van der Waals surface area (Å²) in [7, 11) is 0. The highest BCUT2D eigenvalue weighted by Crippen LogP contribution is 2.60. The number of hydrogen-bond acceptors (Lipinski definition) is 4. The molecule has 3 aliphatic carbocycles. The predicted molar refractivity (Wildman–Crippen MR) is 109 cm³/mol. The summed E-state index contributed by atoms with van der Waals surface area (Å²) in [5.74, 6) is 1.78. The highest BCUT2D eigenvalue weighted by molar-refractivity contribution is 5.37. The van der Waals surface area contributed by atoms with E-state index in [0.717, 1.165) is 32.1 Å². The molecule has 2 aromatic heterocycles. The minimum atomic E-state index is 0.0548. The van der Waals surface area contributed by atoms with Crippen molar-refractivity contribution in [3.8, 4) is 0 Å². The van der Waals surface area contributed by atoms with Crippen molar-refractivity contribution >= 4 is 0 Å². The number of hydrogen-bond donors (Lipinski definition) is 3. The van der Waals surface area contributed by atoms with Crippen molar-refractivity contribution in [2.75, 3.05) is 13.2 Å². The van der Waals surface area contributed by atoms with Gasteiger partial charge in [0.1, 0.15) is 0 Å². The van der Waals surface area contributed by atoms with Gasteiger partial charge in [0.2, 0.25) is 0 Å². The Kier molecular flexibility index (Phi) is 4.18. The van der Waals surface area contributed by atoms with Crippen LogP contribution in [0.5, 0.6) is 0 Å². The second-order valence-corrected chi connectivity index (χ2v) is 9.92. The van der Waals surface area contributed by atoms with E-state index >= 15 is 0 Å². The number of fused-ring (bicyclic) bond motifs is 4. The molecular weight excluding hydrogens is 348 g/mol. The molecule has 1 fully saturated rings. The molecule has 0 radical (unpaired) electrons. The minimum absolute atomic E-state index is 0.0548. The highest BCUT2D eigenvalue weighted by Gasteiger charge is 2.57. The van der Waals surface area contributed by atoms with Gasteiger partial charge in [0.25, 0.3) is 0 Å². The van der Waals surface area contributed by atoms with Crippen molar-refractivity contribution in [2.45, 2.75) is 51.4 Å². The fourth-order valence-corrected chi connectivity index (χ4v) is 7.19. The first kappa shape index (κ1) is 18.3. The largest absolute Gasteiger partial charge is 0.396 e. The first-order chi connectivity index (χ1) is 13.5. The molecule has 6 atom stereocenters. The lowest BCUT2D eigenvalue weighted by molar-refractivity contribution is -0.0462. The first-order valence-corrected chi connectivity index (χ1v) is 10.8. The molecule has 28 heavy (non-hydrogen) atoms. The lowest BCUT2D eigenvalue weighted by atomic mass is 9.49. The number of H-pyrrole nitrogens is 1. The lowest BCUT2D eigenvalue weighted by Crippen LogP contribution is -2.54. The Bertz CT molecular complexity index is 879. The van der Waals surface area contributed by atoms with Crippen molar-refractivity contribution < 1.29 is 5.11 Å². The Morgan fingerprint density at radius 2 is 2.11 bits per heavy atom. The van der Waals surface area contributed by atoms with Crippen molar-refractivity contribution in [3.63, 3.8) is 0 Å². The van der Waals surface area contributed by atoms with E-state index in [2.05, 4.69) is 36.2 Å². The predicted octanol–water partition coefficient (Wildman–Crippen LogP) is 2.63. The van der Waals surface area contributed by atoms with Crippen molar-refractivity contribution in [3.05, 3.63) is 47.0 Å². The zero-order valence-corrected chi connectivity index (χ0v) is 17.0. The quantitative estimate of drug-likeness (QED) is 0.764. The van der Waals surface area contributed by atoms with Crippen LogP contribution in [0.15, 0.2) is 24.5 Å². The van der Waals surface area contributed by atoms with Gasteiger partial charge in [-0.1, -0.05) is 19.9 Å². The summed E-state index contributed by atoms with van der Waals surface area (Å²) in [6, 6.07) is 4.32. The van der Waals surface area contributed by atoms with E-state index in [-0.39, 0.29) is 23.4 Å². The van der Waals surface area contributed by atoms with Crippen molar-refractivity contribution in [2.24, 2.45) is 34.8 Å². The Labute approximate surface area is 167 Å². The van der Waals surface area contributed by atoms with Crippen LogP contribution in [0.3, 0.4) is 0 Å². The maximum absolute atomic E-state index is 10.3. The normalized spacial score (nSPS) is 39.3. The van der Waals surface area contributed by atoms with E-state index in [1.54, 1.807) is 0 Å². The molecule has 4 N–H and O–H groups in total. The zero-order valence-electron chi connectivity index (χ0n) is 17.0. The fourth-order valence-electron chi connectivity index (χ4n) is 7.19. The average molecular weight is 381 g/mol. The van der Waals surface area contributed by atoms with Crippen LogP contribution in [0.2, 0.25) is 0 Å². The molecule has 0 unspecified atom stereocenters. The van der Waals surface area contributed by atoms with Crippen LogP contribution in [0.1, 0.15) is 49.2 Å². The number of nitrogens with one attached hydrogen (secondary N) is 1. The molecule has 5 nitrogen and oxygen atoms in total. The second kappa shape index (κ2) is 6.39. The Morgan fingerprint density at radius 1 is 1.25 bits per heavy atom. The van der Waals surface area contributed by atoms with E-state index in [9.17, 15) is 5.11 Å². The van der Waals surface area contributed by atoms with Gasteiger partial charge in [0.05, 0.1) is 6.20 Å². The lowest BCUT2D eigenvalue weighted by Gasteiger charge is -2.55. The standard InChI is InChI=1S/C23H32N4O/c1-22-6-5-18(17(11-24)19(22)8-14-4-3-7-25-21(14)22)23(2)10-15-12-26-27-20(15)9-16(23)13-28/h3-4,7,12,16-19,28H,5-6,8-11,13,24H2,1-2H3,(H,26,27)/t16-,17-,18+,19+,22+,23+/m1/s1. The molecule has 5 rings (SSSR count). The van der Waals surface area contributed by atoms with Gasteiger partial charge in [0, 0.05) is 29.6 Å². The number of pyridine rings is 1. The number of nitrogens with zero attached hydrogens (tertiary/aromatic N) is 2. The first-order valence-electron chi connectivity index (χ1n) is 10.8. The molecule has 2 aromatic rings. The monoisotopic (exact) mass is 380 g/mol. The van der Waals surface area contributed by atoms with Gasteiger partial charge in [0.15, 0.2) is 0 Å². The summed E-state index contributed by atoms with van der Waals surface area (Å²) in [6.07, 6.45) is 9.22. The molecule has 1 saturated carbocycles. The zero-order chi connectivity index (χ0) is 19.5. The van der Waals surface area contributed by atoms with Crippen LogP contribution >= 0.6 is 0 Å². The third kappa shape index (κ3) is 2.38. The number of aliphatic hydroxyl groups is 1.